The molecule has 5 heterocycles. The van der Waals surface area contributed by atoms with Crippen LogP contribution in [0.5, 0.6) is 0 Å². The molecule has 82 heavy (non-hydrogen) atoms. The molecule has 0 bridgehead atoms. The summed E-state index contributed by atoms with van der Waals surface area (Å²) in [6.07, 6.45) is 0. The van der Waals surface area contributed by atoms with E-state index >= 15 is 0 Å². The van der Waals surface area contributed by atoms with Crippen LogP contribution in [0, 0.1) is 0 Å². The van der Waals surface area contributed by atoms with Crippen LogP contribution in [-0.4, -0.2) is 20.4 Å². The van der Waals surface area contributed by atoms with Crippen molar-refractivity contribution in [3.05, 3.63) is 272 Å². The van der Waals surface area contributed by atoms with Crippen LogP contribution in [-0.2, 0) is 5.41 Å². The fourth-order valence-electron chi connectivity index (χ4n) is 12.9. The number of aromatic nitrogens is 3. The van der Waals surface area contributed by atoms with Crippen LogP contribution in [0.2, 0.25) is 0 Å². The highest BCUT2D eigenvalue weighted by molar-refractivity contribution is 8.00. The first-order valence-corrected chi connectivity index (χ1v) is 28.0. The third kappa shape index (κ3) is 6.88. The van der Waals surface area contributed by atoms with Crippen molar-refractivity contribution in [1.82, 2.24) is 13.7 Å². The van der Waals surface area contributed by atoms with Crippen molar-refractivity contribution in [3.8, 4) is 39.3 Å². The zero-order valence-corrected chi connectivity index (χ0v) is 45.3. The SMILES string of the molecule is [2H]c1c([2H])c([2H])c2c(c1[2H])c1c([2H])c([2H])c([2H])c([2H])c1n2-c1ccc2c(c1)N(c1c(-c3ccccc3)cc(C(C)(C)C)cc1-c1ccccc1)c1cc(-n3c4c([2H])c([2H])c([2H])c([2H])c4c4c([2H])c([2H])c([2H])c([2H])c43)cc3c1B2c1ccc2c(c1S3)c1ccccc1n2-c1ccccc1. The minimum absolute atomic E-state index is 0.0631. The summed E-state index contributed by atoms with van der Waals surface area (Å²) in [4.78, 5) is 3.80. The molecule has 4 nitrogen and oxygen atoms in total. The Hall–Kier alpha value is -9.75. The van der Waals surface area contributed by atoms with Gasteiger partial charge in [0.25, 0.3) is 0 Å². The van der Waals surface area contributed by atoms with E-state index < -0.39 is 109 Å². The summed E-state index contributed by atoms with van der Waals surface area (Å²) in [6, 6.07) is 48.5. The molecule has 0 amide bonds. The number of para-hydroxylation sites is 6. The molecule has 0 saturated heterocycles. The van der Waals surface area contributed by atoms with Crippen LogP contribution in [0.1, 0.15) is 48.3 Å². The van der Waals surface area contributed by atoms with Crippen molar-refractivity contribution in [2.24, 2.45) is 0 Å². The van der Waals surface area contributed by atoms with E-state index in [1.165, 1.54) is 4.57 Å². The Balaban J connectivity index is 1.10. The third-order valence-electron chi connectivity index (χ3n) is 16.5. The van der Waals surface area contributed by atoms with Gasteiger partial charge >= 0.3 is 0 Å². The van der Waals surface area contributed by atoms with Gasteiger partial charge in [0.15, 0.2) is 0 Å². The highest BCUT2D eigenvalue weighted by atomic mass is 32.2. The first-order chi connectivity index (χ1) is 47.0. The monoisotopic (exact) mass is 1080 g/mol. The number of nitrogens with zero attached hydrogens (tertiary/aromatic N) is 4. The molecule has 0 N–H and O–H groups in total. The van der Waals surface area contributed by atoms with Gasteiger partial charge in [-0.2, -0.15) is 0 Å². The molecule has 2 aliphatic rings. The van der Waals surface area contributed by atoms with E-state index in [0.29, 0.717) is 28.4 Å². The number of rotatable bonds is 6. The van der Waals surface area contributed by atoms with Gasteiger partial charge in [0.1, 0.15) is 0 Å². The van der Waals surface area contributed by atoms with Gasteiger partial charge in [0, 0.05) is 81.7 Å². The van der Waals surface area contributed by atoms with Gasteiger partial charge in [-0.15, -0.1) is 0 Å². The molecule has 0 saturated carbocycles. The standard InChI is InChI=1S/C76H53BN4S/c1-76(2,3)50-43-59(48-23-7-4-8-24-48)74(60(44-50)49-25-9-5-10-26-49)81-69-45-52(79-63-34-18-13-29-54(63)55-30-14-19-35-64(55)79)39-40-61(69)77-62-41-42-68-72(58-33-17-22-38-67(58)78(68)51-27-11-6-12-28-51)75(62)82-71-47-53(46-70(81)73(71)77)80-65-36-20-15-31-56(65)57-32-16-21-37-66(57)80/h4-47H,1-3H3/i13D,14D,15D,16D,18D,19D,20D,21D,29D,30D,31D,32D,34D,35D,36D,37D. The quantitative estimate of drug-likeness (QED) is 0.155. The summed E-state index contributed by atoms with van der Waals surface area (Å²) in [7, 11) is 0. The van der Waals surface area contributed by atoms with Crippen molar-refractivity contribution in [2.45, 2.75) is 36.0 Å². The number of hydrogen-bond acceptors (Lipinski definition) is 2. The second kappa shape index (κ2) is 17.9. The van der Waals surface area contributed by atoms with Crippen LogP contribution >= 0.6 is 11.8 Å². The molecule has 0 spiro atoms. The lowest BCUT2D eigenvalue weighted by Gasteiger charge is -2.42. The molecule has 17 rings (SSSR count). The third-order valence-corrected chi connectivity index (χ3v) is 17.7. The molecule has 0 fully saturated rings. The van der Waals surface area contributed by atoms with E-state index in [2.05, 4.69) is 103 Å². The van der Waals surface area contributed by atoms with Crippen molar-refractivity contribution in [2.75, 3.05) is 4.90 Å². The second-order valence-electron chi connectivity index (χ2n) is 22.0. The molecular weight excluding hydrogens is 1010 g/mol. The normalized spacial score (nSPS) is 15.7. The van der Waals surface area contributed by atoms with E-state index in [1.807, 2.05) is 97.1 Å². The lowest BCUT2D eigenvalue weighted by atomic mass is 9.34. The molecule has 0 aliphatic carbocycles. The van der Waals surface area contributed by atoms with E-state index in [4.69, 9.17) is 8.22 Å². The summed E-state index contributed by atoms with van der Waals surface area (Å²) in [5, 5.41) is 1.59. The molecule has 386 valence electrons. The van der Waals surface area contributed by atoms with Crippen molar-refractivity contribution >= 4 is 117 Å². The number of benzene rings is 12. The zero-order chi connectivity index (χ0) is 68.3. The largest absolute Gasteiger partial charge is 0.310 e. The molecule has 0 unspecified atom stereocenters. The summed E-state index contributed by atoms with van der Waals surface area (Å²) in [5.41, 5.74) is 11.4. The maximum Gasteiger partial charge on any atom is 0.249 e. The van der Waals surface area contributed by atoms with Gasteiger partial charge < -0.3 is 18.6 Å². The van der Waals surface area contributed by atoms with Gasteiger partial charge in [-0.25, -0.2) is 0 Å². The van der Waals surface area contributed by atoms with Crippen LogP contribution in [0.3, 0.4) is 0 Å². The Morgan fingerprint density at radius 2 is 0.890 bits per heavy atom. The summed E-state index contributed by atoms with van der Waals surface area (Å²) in [5.74, 6) is 0. The molecule has 15 aromatic rings. The van der Waals surface area contributed by atoms with Gasteiger partial charge in [-0.05, 0) is 118 Å². The molecular formula is C76H53BN4S. The topological polar surface area (TPSA) is 18.0 Å². The summed E-state index contributed by atoms with van der Waals surface area (Å²) in [6.45, 7) is 5.84. The summed E-state index contributed by atoms with van der Waals surface area (Å²) >= 11 is 1.54. The van der Waals surface area contributed by atoms with Gasteiger partial charge in [0.2, 0.25) is 6.71 Å². The number of anilines is 3. The van der Waals surface area contributed by atoms with Crippen LogP contribution in [0.4, 0.5) is 17.1 Å². The fraction of sp³-hybridized carbons (Fsp3) is 0.0526. The smallest absolute Gasteiger partial charge is 0.249 e. The minimum atomic E-state index is -0.636. The van der Waals surface area contributed by atoms with E-state index in [-0.39, 0.29) is 43.6 Å². The van der Waals surface area contributed by atoms with Crippen LogP contribution < -0.4 is 21.3 Å². The predicted molar refractivity (Wildman–Crippen MR) is 349 cm³/mol. The van der Waals surface area contributed by atoms with Crippen molar-refractivity contribution < 1.29 is 21.9 Å². The lowest BCUT2D eigenvalue weighted by molar-refractivity contribution is 0.591. The molecule has 0 atom stereocenters. The Morgan fingerprint density at radius 1 is 0.402 bits per heavy atom. The van der Waals surface area contributed by atoms with Crippen LogP contribution in [0.25, 0.3) is 105 Å². The molecule has 0 radical (unpaired) electrons. The Kier molecular flexibility index (Phi) is 7.36. The van der Waals surface area contributed by atoms with Gasteiger partial charge in [-0.3, -0.25) is 0 Å². The Labute approximate surface area is 503 Å². The molecule has 3 aromatic heterocycles. The number of fused-ring (bicyclic) bond motifs is 14. The van der Waals surface area contributed by atoms with Crippen molar-refractivity contribution in [1.29, 1.82) is 0 Å². The van der Waals surface area contributed by atoms with Gasteiger partial charge in [-0.1, -0.05) is 220 Å². The maximum atomic E-state index is 9.82. The molecule has 12 aromatic carbocycles. The van der Waals surface area contributed by atoms with Gasteiger partial charge in [0.05, 0.1) is 60.7 Å². The first kappa shape index (κ1) is 33.8. The van der Waals surface area contributed by atoms with E-state index in [1.54, 1.807) is 16.3 Å². The average molecular weight is 1080 g/mol. The highest BCUT2D eigenvalue weighted by Gasteiger charge is 2.44. The Bertz CT molecular complexity index is 5890. The Morgan fingerprint density at radius 3 is 1.46 bits per heavy atom. The summed E-state index contributed by atoms with van der Waals surface area (Å²) < 4.78 is 155. The maximum absolute atomic E-state index is 9.82. The molecule has 2 aliphatic heterocycles. The van der Waals surface area contributed by atoms with E-state index in [0.717, 1.165) is 81.5 Å². The van der Waals surface area contributed by atoms with Crippen molar-refractivity contribution in [3.63, 3.8) is 0 Å². The average Bonchev–Trinajstić information content (AvgIpc) is 1.25. The molecule has 6 heteroatoms. The predicted octanol–water partition coefficient (Wildman–Crippen LogP) is 18.4. The number of hydrogen-bond donors (Lipinski definition) is 0. The van der Waals surface area contributed by atoms with E-state index in [9.17, 15) is 13.7 Å². The highest BCUT2D eigenvalue weighted by Crippen LogP contribution is 2.53. The van der Waals surface area contributed by atoms with Crippen LogP contribution in [0.15, 0.2) is 276 Å². The minimum Gasteiger partial charge on any atom is -0.310 e. The second-order valence-corrected chi connectivity index (χ2v) is 23.1. The fourth-order valence-corrected chi connectivity index (χ4v) is 14.3. The first-order valence-electron chi connectivity index (χ1n) is 35.2. The zero-order valence-electron chi connectivity index (χ0n) is 60.4. The lowest BCUT2D eigenvalue weighted by Crippen LogP contribution is -2.60.